The van der Waals surface area contributed by atoms with E-state index in [1.54, 1.807) is 6.92 Å². The van der Waals surface area contributed by atoms with Gasteiger partial charge in [-0.15, -0.1) is 0 Å². The van der Waals surface area contributed by atoms with Crippen molar-refractivity contribution in [3.05, 3.63) is 27.4 Å². The number of rotatable bonds is 3. The zero-order valence-electron chi connectivity index (χ0n) is 10.7. The highest BCUT2D eigenvalue weighted by molar-refractivity contribution is 5.95. The Kier molecular flexibility index (Phi) is 3.47. The molecule has 18 heavy (non-hydrogen) atoms. The van der Waals surface area contributed by atoms with E-state index in [-0.39, 0.29) is 29.0 Å². The molecule has 2 heterocycles. The third kappa shape index (κ3) is 2.43. The number of aryl methyl sites for hydroxylation is 1. The molecular formula is C12H17N3O3. The van der Waals surface area contributed by atoms with Gasteiger partial charge in [0.15, 0.2) is 0 Å². The Balaban J connectivity index is 2.27. The maximum absolute atomic E-state index is 11.9. The van der Waals surface area contributed by atoms with Gasteiger partial charge in [0.2, 0.25) is 0 Å². The van der Waals surface area contributed by atoms with Crippen LogP contribution in [0, 0.1) is 6.92 Å². The van der Waals surface area contributed by atoms with Crippen LogP contribution < -0.4 is 10.9 Å². The second kappa shape index (κ2) is 4.89. The van der Waals surface area contributed by atoms with Crippen molar-refractivity contribution in [2.75, 3.05) is 13.2 Å². The SMILES string of the molecule is Cc1nc(C(C)C)[nH]c(=O)c1C(=O)NC1COC1. The third-order valence-electron chi connectivity index (χ3n) is 2.87. The summed E-state index contributed by atoms with van der Waals surface area (Å²) >= 11 is 0. The predicted molar refractivity (Wildman–Crippen MR) is 65.8 cm³/mol. The van der Waals surface area contributed by atoms with Crippen LogP contribution in [0.1, 0.15) is 41.6 Å². The zero-order chi connectivity index (χ0) is 13.3. The third-order valence-corrected chi connectivity index (χ3v) is 2.87. The highest BCUT2D eigenvalue weighted by atomic mass is 16.5. The minimum atomic E-state index is -0.385. The molecule has 98 valence electrons. The average Bonchev–Trinajstić information content (AvgIpc) is 2.22. The number of carbonyl (C=O) groups is 1. The van der Waals surface area contributed by atoms with Crippen molar-refractivity contribution in [1.29, 1.82) is 0 Å². The molecule has 0 aliphatic carbocycles. The van der Waals surface area contributed by atoms with Crippen LogP contribution in [0.2, 0.25) is 0 Å². The van der Waals surface area contributed by atoms with Gasteiger partial charge in [-0.3, -0.25) is 9.59 Å². The molecule has 1 amide bonds. The molecule has 6 heteroatoms. The van der Waals surface area contributed by atoms with Gasteiger partial charge in [0.25, 0.3) is 11.5 Å². The quantitative estimate of drug-likeness (QED) is 0.811. The van der Waals surface area contributed by atoms with Crippen molar-refractivity contribution in [3.63, 3.8) is 0 Å². The Hall–Kier alpha value is -1.69. The van der Waals surface area contributed by atoms with E-state index in [4.69, 9.17) is 4.74 Å². The molecule has 1 aliphatic heterocycles. The maximum Gasteiger partial charge on any atom is 0.264 e. The number of nitrogens with one attached hydrogen (secondary N) is 2. The number of nitrogens with zero attached hydrogens (tertiary/aromatic N) is 1. The number of amides is 1. The van der Waals surface area contributed by atoms with Gasteiger partial charge in [-0.1, -0.05) is 13.8 Å². The fourth-order valence-electron chi connectivity index (χ4n) is 1.73. The molecule has 0 radical (unpaired) electrons. The van der Waals surface area contributed by atoms with Crippen LogP contribution in [0.5, 0.6) is 0 Å². The summed E-state index contributed by atoms with van der Waals surface area (Å²) < 4.78 is 4.97. The van der Waals surface area contributed by atoms with Gasteiger partial charge in [-0.25, -0.2) is 4.98 Å². The fraction of sp³-hybridized carbons (Fsp3) is 0.583. The molecule has 1 aliphatic rings. The summed E-state index contributed by atoms with van der Waals surface area (Å²) in [6.45, 7) is 6.54. The standard InChI is InChI=1S/C12H17N3O3/c1-6(2)10-13-7(3)9(12(17)15-10)11(16)14-8-4-18-5-8/h6,8H,4-5H2,1-3H3,(H,14,16)(H,13,15,17). The summed E-state index contributed by atoms with van der Waals surface area (Å²) in [5.74, 6) is 0.333. The summed E-state index contributed by atoms with van der Waals surface area (Å²) in [7, 11) is 0. The molecule has 1 aromatic rings. The van der Waals surface area contributed by atoms with E-state index in [1.165, 1.54) is 0 Å². The summed E-state index contributed by atoms with van der Waals surface area (Å²) in [5.41, 5.74) is 0.162. The Labute approximate surface area is 105 Å². The molecule has 1 saturated heterocycles. The van der Waals surface area contributed by atoms with Gasteiger partial charge in [-0.2, -0.15) is 0 Å². The Morgan fingerprint density at radius 2 is 2.17 bits per heavy atom. The summed E-state index contributed by atoms with van der Waals surface area (Å²) in [6.07, 6.45) is 0. The van der Waals surface area contributed by atoms with Crippen LogP contribution in [0.3, 0.4) is 0 Å². The highest BCUT2D eigenvalue weighted by Crippen LogP contribution is 2.09. The fourth-order valence-corrected chi connectivity index (χ4v) is 1.73. The van der Waals surface area contributed by atoms with E-state index in [0.717, 1.165) is 0 Å². The van der Waals surface area contributed by atoms with Gasteiger partial charge in [0.05, 0.1) is 24.9 Å². The second-order valence-electron chi connectivity index (χ2n) is 4.77. The van der Waals surface area contributed by atoms with Crippen LogP contribution in [0.15, 0.2) is 4.79 Å². The minimum absolute atomic E-state index is 0.000996. The van der Waals surface area contributed by atoms with Crippen LogP contribution in [-0.2, 0) is 4.74 Å². The molecule has 0 saturated carbocycles. The zero-order valence-corrected chi connectivity index (χ0v) is 10.7. The summed E-state index contributed by atoms with van der Waals surface area (Å²) in [5, 5.41) is 2.74. The molecule has 0 unspecified atom stereocenters. The van der Waals surface area contributed by atoms with Gasteiger partial charge < -0.3 is 15.0 Å². The Morgan fingerprint density at radius 1 is 1.50 bits per heavy atom. The largest absolute Gasteiger partial charge is 0.377 e. The summed E-state index contributed by atoms with van der Waals surface area (Å²) in [6, 6.07) is 0.000996. The van der Waals surface area contributed by atoms with E-state index in [2.05, 4.69) is 15.3 Å². The lowest BCUT2D eigenvalue weighted by Crippen LogP contribution is -2.49. The van der Waals surface area contributed by atoms with E-state index in [9.17, 15) is 9.59 Å². The minimum Gasteiger partial charge on any atom is -0.377 e. The lowest BCUT2D eigenvalue weighted by atomic mass is 10.1. The maximum atomic E-state index is 11.9. The molecule has 0 spiro atoms. The molecule has 2 rings (SSSR count). The van der Waals surface area contributed by atoms with E-state index < -0.39 is 0 Å². The molecule has 1 aromatic heterocycles. The van der Waals surface area contributed by atoms with Crippen molar-refractivity contribution in [2.45, 2.75) is 32.7 Å². The van der Waals surface area contributed by atoms with Crippen molar-refractivity contribution < 1.29 is 9.53 Å². The number of hydrogen-bond donors (Lipinski definition) is 2. The van der Waals surface area contributed by atoms with Gasteiger partial charge in [-0.05, 0) is 6.92 Å². The van der Waals surface area contributed by atoms with Gasteiger partial charge in [0.1, 0.15) is 11.4 Å². The number of aromatic amines is 1. The number of aromatic nitrogens is 2. The first-order valence-electron chi connectivity index (χ1n) is 5.98. The molecule has 0 atom stereocenters. The van der Waals surface area contributed by atoms with Crippen LogP contribution in [0.25, 0.3) is 0 Å². The monoisotopic (exact) mass is 251 g/mol. The first kappa shape index (κ1) is 12.8. The first-order valence-corrected chi connectivity index (χ1v) is 5.98. The van der Waals surface area contributed by atoms with E-state index >= 15 is 0 Å². The molecular weight excluding hydrogens is 234 g/mol. The Morgan fingerprint density at radius 3 is 2.61 bits per heavy atom. The van der Waals surface area contributed by atoms with Crippen LogP contribution >= 0.6 is 0 Å². The predicted octanol–water partition coefficient (Wildman–Crippen LogP) is 0.330. The Bertz CT molecular complexity index is 518. The van der Waals surface area contributed by atoms with Crippen LogP contribution in [-0.4, -0.2) is 35.1 Å². The van der Waals surface area contributed by atoms with E-state index in [1.807, 2.05) is 13.8 Å². The number of ether oxygens (including phenoxy) is 1. The molecule has 1 fully saturated rings. The molecule has 2 N–H and O–H groups in total. The topological polar surface area (TPSA) is 84.1 Å². The molecule has 0 bridgehead atoms. The molecule has 6 nitrogen and oxygen atoms in total. The lowest BCUT2D eigenvalue weighted by Gasteiger charge is -2.26. The molecule has 0 aromatic carbocycles. The number of carbonyl (C=O) groups excluding carboxylic acids is 1. The lowest BCUT2D eigenvalue weighted by molar-refractivity contribution is -0.00351. The number of hydrogen-bond acceptors (Lipinski definition) is 4. The van der Waals surface area contributed by atoms with Crippen molar-refractivity contribution in [2.24, 2.45) is 0 Å². The van der Waals surface area contributed by atoms with Crippen molar-refractivity contribution >= 4 is 5.91 Å². The normalized spacial score (nSPS) is 15.6. The number of H-pyrrole nitrogens is 1. The summed E-state index contributed by atoms with van der Waals surface area (Å²) in [4.78, 5) is 30.8. The second-order valence-corrected chi connectivity index (χ2v) is 4.77. The average molecular weight is 251 g/mol. The smallest absolute Gasteiger partial charge is 0.264 e. The first-order chi connectivity index (χ1) is 8.49. The van der Waals surface area contributed by atoms with E-state index in [0.29, 0.717) is 24.7 Å². The van der Waals surface area contributed by atoms with Crippen LogP contribution in [0.4, 0.5) is 0 Å². The van der Waals surface area contributed by atoms with Crippen molar-refractivity contribution in [1.82, 2.24) is 15.3 Å². The van der Waals surface area contributed by atoms with Gasteiger partial charge >= 0.3 is 0 Å². The van der Waals surface area contributed by atoms with Crippen molar-refractivity contribution in [3.8, 4) is 0 Å². The van der Waals surface area contributed by atoms with Gasteiger partial charge in [0, 0.05) is 5.92 Å². The highest BCUT2D eigenvalue weighted by Gasteiger charge is 2.24.